The molecule has 0 amide bonds. The second-order valence-electron chi connectivity index (χ2n) is 3.39. The van der Waals surface area contributed by atoms with Crippen molar-refractivity contribution in [1.82, 2.24) is 0 Å². The van der Waals surface area contributed by atoms with E-state index in [1.807, 2.05) is 6.08 Å². The molecule has 0 radical (unpaired) electrons. The number of hydrogen-bond donors (Lipinski definition) is 0. The van der Waals surface area contributed by atoms with Crippen LogP contribution in [0.15, 0.2) is 41.8 Å². The molecule has 1 aromatic rings. The normalized spacial score (nSPS) is 12.4. The Morgan fingerprint density at radius 1 is 1.43 bits per heavy atom. The highest BCUT2D eigenvalue weighted by Crippen LogP contribution is 2.20. The zero-order valence-electron chi connectivity index (χ0n) is 8.69. The van der Waals surface area contributed by atoms with Gasteiger partial charge in [-0.3, -0.25) is 0 Å². The van der Waals surface area contributed by atoms with Crippen LogP contribution in [0.2, 0.25) is 0 Å². The van der Waals surface area contributed by atoms with Gasteiger partial charge in [0.2, 0.25) is 0 Å². The number of benzene rings is 1. The van der Waals surface area contributed by atoms with Gasteiger partial charge in [-0.1, -0.05) is 30.7 Å². The van der Waals surface area contributed by atoms with E-state index in [4.69, 9.17) is 4.18 Å². The molecule has 0 aliphatic rings. The van der Waals surface area contributed by atoms with E-state index < -0.39 is 0 Å². The van der Waals surface area contributed by atoms with Gasteiger partial charge < -0.3 is 4.18 Å². The average molecular weight is 208 g/mol. The fourth-order valence-corrected chi connectivity index (χ4v) is 1.54. The molecule has 1 rings (SSSR count). The highest BCUT2D eigenvalue weighted by molar-refractivity contribution is 7.94. The Bertz CT molecular complexity index is 279. The summed E-state index contributed by atoms with van der Waals surface area (Å²) < 4.78 is 5.46. The molecule has 0 saturated heterocycles. The molecule has 0 N–H and O–H groups in total. The maximum Gasteiger partial charge on any atom is 0.0678 e. The minimum Gasteiger partial charge on any atom is -0.310 e. The van der Waals surface area contributed by atoms with Gasteiger partial charge in [0.15, 0.2) is 0 Å². The van der Waals surface area contributed by atoms with Crippen molar-refractivity contribution in [3.8, 4) is 0 Å². The van der Waals surface area contributed by atoms with Crippen LogP contribution in [0.25, 0.3) is 0 Å². The van der Waals surface area contributed by atoms with Crippen molar-refractivity contribution in [3.63, 3.8) is 0 Å². The lowest BCUT2D eigenvalue weighted by molar-refractivity contribution is 0.333. The quantitative estimate of drug-likeness (QED) is 0.537. The van der Waals surface area contributed by atoms with Gasteiger partial charge in [0.1, 0.15) is 0 Å². The van der Waals surface area contributed by atoms with Crippen molar-refractivity contribution in [2.45, 2.75) is 18.7 Å². The lowest BCUT2D eigenvalue weighted by Gasteiger charge is -2.05. The molecule has 0 spiro atoms. The van der Waals surface area contributed by atoms with Gasteiger partial charge in [-0.15, -0.1) is 6.58 Å². The van der Waals surface area contributed by atoms with Crippen LogP contribution in [-0.4, -0.2) is 6.61 Å². The highest BCUT2D eigenvalue weighted by atomic mass is 32.2. The minimum atomic E-state index is 0.410. The summed E-state index contributed by atoms with van der Waals surface area (Å²) in [5.41, 5.74) is 1.27. The van der Waals surface area contributed by atoms with Crippen LogP contribution in [-0.2, 0) is 4.18 Å². The maximum absolute atomic E-state index is 5.46. The molecule has 76 valence electrons. The van der Waals surface area contributed by atoms with Gasteiger partial charge in [0.05, 0.1) is 6.61 Å². The van der Waals surface area contributed by atoms with Crippen molar-refractivity contribution >= 4 is 12.0 Å². The molecule has 1 atom stereocenters. The molecule has 0 saturated carbocycles. The summed E-state index contributed by atoms with van der Waals surface area (Å²) in [6, 6.07) is 8.31. The fraction of sp³-hybridized carbons (Fsp3) is 0.333. The summed E-state index contributed by atoms with van der Waals surface area (Å²) in [5.74, 6) is 0.410. The summed E-state index contributed by atoms with van der Waals surface area (Å²) in [4.78, 5) is 1.15. The summed E-state index contributed by atoms with van der Waals surface area (Å²) >= 11 is 1.43. The fourth-order valence-electron chi connectivity index (χ4n) is 0.871. The van der Waals surface area contributed by atoms with Crippen molar-refractivity contribution < 1.29 is 4.18 Å². The molecule has 0 aromatic heterocycles. The highest BCUT2D eigenvalue weighted by Gasteiger charge is 1.98. The standard InChI is InChI=1S/C12H16OS/c1-4-10(2)9-13-14-12-7-5-11(3)6-8-12/h4-8,10H,1,9H2,2-3H3. The Kier molecular flexibility index (Phi) is 4.77. The van der Waals surface area contributed by atoms with E-state index in [-0.39, 0.29) is 0 Å². The molecule has 0 fully saturated rings. The molecule has 0 aliphatic carbocycles. The topological polar surface area (TPSA) is 9.23 Å². The van der Waals surface area contributed by atoms with E-state index in [9.17, 15) is 0 Å². The van der Waals surface area contributed by atoms with E-state index >= 15 is 0 Å². The molecule has 1 unspecified atom stereocenters. The number of rotatable bonds is 5. The summed E-state index contributed by atoms with van der Waals surface area (Å²) in [6.45, 7) is 8.58. The van der Waals surface area contributed by atoms with Gasteiger partial charge >= 0.3 is 0 Å². The van der Waals surface area contributed by atoms with Crippen LogP contribution >= 0.6 is 12.0 Å². The van der Waals surface area contributed by atoms with Crippen LogP contribution in [0.3, 0.4) is 0 Å². The maximum atomic E-state index is 5.46. The van der Waals surface area contributed by atoms with Crippen molar-refractivity contribution in [3.05, 3.63) is 42.5 Å². The average Bonchev–Trinajstić information content (AvgIpc) is 2.21. The zero-order chi connectivity index (χ0) is 10.4. The predicted molar refractivity (Wildman–Crippen MR) is 62.3 cm³/mol. The van der Waals surface area contributed by atoms with Crippen LogP contribution in [0.1, 0.15) is 12.5 Å². The zero-order valence-corrected chi connectivity index (χ0v) is 9.51. The van der Waals surface area contributed by atoms with Gasteiger partial charge in [0.25, 0.3) is 0 Å². The van der Waals surface area contributed by atoms with Gasteiger partial charge in [-0.05, 0) is 25.0 Å². The first-order chi connectivity index (χ1) is 6.72. The van der Waals surface area contributed by atoms with Crippen LogP contribution in [0.5, 0.6) is 0 Å². The van der Waals surface area contributed by atoms with Gasteiger partial charge in [-0.25, -0.2) is 0 Å². The van der Waals surface area contributed by atoms with Gasteiger partial charge in [0, 0.05) is 16.9 Å². The lowest BCUT2D eigenvalue weighted by atomic mass is 10.2. The second kappa shape index (κ2) is 5.89. The SMILES string of the molecule is C=CC(C)COSc1ccc(C)cc1. The Morgan fingerprint density at radius 3 is 2.64 bits per heavy atom. The monoisotopic (exact) mass is 208 g/mol. The minimum absolute atomic E-state index is 0.410. The summed E-state index contributed by atoms with van der Waals surface area (Å²) in [7, 11) is 0. The first kappa shape index (κ1) is 11.3. The third-order valence-corrected chi connectivity index (χ3v) is 2.63. The smallest absolute Gasteiger partial charge is 0.0678 e. The van der Waals surface area contributed by atoms with Crippen molar-refractivity contribution in [2.24, 2.45) is 5.92 Å². The van der Waals surface area contributed by atoms with E-state index in [1.165, 1.54) is 17.6 Å². The van der Waals surface area contributed by atoms with E-state index in [0.29, 0.717) is 12.5 Å². The summed E-state index contributed by atoms with van der Waals surface area (Å²) in [5, 5.41) is 0. The van der Waals surface area contributed by atoms with E-state index in [1.54, 1.807) is 0 Å². The number of aryl methyl sites for hydroxylation is 1. The van der Waals surface area contributed by atoms with Crippen LogP contribution in [0, 0.1) is 12.8 Å². The van der Waals surface area contributed by atoms with Crippen molar-refractivity contribution in [1.29, 1.82) is 0 Å². The first-order valence-electron chi connectivity index (χ1n) is 4.71. The molecule has 0 bridgehead atoms. The molecule has 1 nitrogen and oxygen atoms in total. The first-order valence-corrected chi connectivity index (χ1v) is 5.45. The molecular weight excluding hydrogens is 192 g/mol. The third-order valence-electron chi connectivity index (χ3n) is 1.91. The molecule has 14 heavy (non-hydrogen) atoms. The largest absolute Gasteiger partial charge is 0.310 e. The molecule has 2 heteroatoms. The molecule has 1 aromatic carbocycles. The Hall–Kier alpha value is -0.730. The number of hydrogen-bond acceptors (Lipinski definition) is 2. The molecule has 0 heterocycles. The second-order valence-corrected chi connectivity index (χ2v) is 4.27. The predicted octanol–water partition coefficient (Wildman–Crippen LogP) is 3.84. The van der Waals surface area contributed by atoms with Gasteiger partial charge in [-0.2, -0.15) is 0 Å². The van der Waals surface area contributed by atoms with E-state index in [0.717, 1.165) is 4.90 Å². The summed E-state index contributed by atoms with van der Waals surface area (Å²) in [6.07, 6.45) is 1.90. The van der Waals surface area contributed by atoms with Crippen molar-refractivity contribution in [2.75, 3.05) is 6.61 Å². The van der Waals surface area contributed by atoms with Crippen LogP contribution < -0.4 is 0 Å². The molecular formula is C12H16OS. The van der Waals surface area contributed by atoms with E-state index in [2.05, 4.69) is 44.7 Å². The van der Waals surface area contributed by atoms with Crippen LogP contribution in [0.4, 0.5) is 0 Å². The lowest BCUT2D eigenvalue weighted by Crippen LogP contribution is -1.97. The Morgan fingerprint density at radius 2 is 2.07 bits per heavy atom. The Balaban J connectivity index is 2.31. The molecule has 0 aliphatic heterocycles. The third kappa shape index (κ3) is 3.99. The Labute approximate surface area is 90.4 Å².